The minimum Gasteiger partial charge on any atom is -0.393 e. The molecule has 0 aliphatic heterocycles. The summed E-state index contributed by atoms with van der Waals surface area (Å²) in [5, 5.41) is 20.6. The Bertz CT molecular complexity index is 690. The molecule has 2 aromatic heterocycles. The van der Waals surface area contributed by atoms with Crippen LogP contribution in [0.5, 0.6) is 0 Å². The molecule has 0 amide bonds. The number of hydrogen-bond donors (Lipinski definition) is 3. The van der Waals surface area contributed by atoms with Gasteiger partial charge in [0.25, 0.3) is 0 Å². The first-order valence-corrected chi connectivity index (χ1v) is 8.32. The van der Waals surface area contributed by atoms with E-state index in [4.69, 9.17) is 0 Å². The van der Waals surface area contributed by atoms with Gasteiger partial charge in [0.1, 0.15) is 5.82 Å². The first-order valence-electron chi connectivity index (χ1n) is 8.32. The molecule has 128 valence electrons. The molecule has 3 rings (SSSR count). The van der Waals surface area contributed by atoms with Gasteiger partial charge in [0.15, 0.2) is 0 Å². The highest BCUT2D eigenvalue weighted by molar-refractivity contribution is 5.72. The van der Waals surface area contributed by atoms with E-state index in [0.29, 0.717) is 18.5 Å². The van der Waals surface area contributed by atoms with E-state index >= 15 is 0 Å². The smallest absolute Gasteiger partial charge is 0.223 e. The average Bonchev–Trinajstić information content (AvgIpc) is 2.96. The highest BCUT2D eigenvalue weighted by Crippen LogP contribution is 2.27. The zero-order chi connectivity index (χ0) is 16.9. The molecule has 2 aromatic rings. The van der Waals surface area contributed by atoms with Crippen molar-refractivity contribution in [1.82, 2.24) is 19.7 Å². The summed E-state index contributed by atoms with van der Waals surface area (Å²) in [4.78, 5) is 8.96. The van der Waals surface area contributed by atoms with Crippen molar-refractivity contribution in [2.24, 2.45) is 7.05 Å². The van der Waals surface area contributed by atoms with E-state index in [1.807, 2.05) is 13.1 Å². The molecule has 1 aliphatic rings. The number of aromatic nitrogens is 4. The molecule has 24 heavy (non-hydrogen) atoms. The molecule has 1 aliphatic carbocycles. The van der Waals surface area contributed by atoms with Gasteiger partial charge in [-0.05, 0) is 31.7 Å². The zero-order valence-electron chi connectivity index (χ0n) is 13.9. The van der Waals surface area contributed by atoms with Crippen molar-refractivity contribution in [3.8, 4) is 11.3 Å². The zero-order valence-corrected chi connectivity index (χ0v) is 13.9. The Hall–Kier alpha value is -2.41. The summed E-state index contributed by atoms with van der Waals surface area (Å²) < 4.78 is 1.79. The van der Waals surface area contributed by atoms with Crippen molar-refractivity contribution in [3.63, 3.8) is 0 Å². The summed E-state index contributed by atoms with van der Waals surface area (Å²) in [7, 11) is 1.89. The fraction of sp³-hybridized carbons (Fsp3) is 0.471. The minimum absolute atomic E-state index is 0.163. The molecule has 7 nitrogen and oxygen atoms in total. The van der Waals surface area contributed by atoms with Crippen LogP contribution in [0, 0.1) is 0 Å². The Balaban J connectivity index is 1.77. The van der Waals surface area contributed by atoms with Crippen LogP contribution in [0.1, 0.15) is 25.7 Å². The second kappa shape index (κ2) is 7.44. The summed E-state index contributed by atoms with van der Waals surface area (Å²) in [5.41, 5.74) is 1.76. The summed E-state index contributed by atoms with van der Waals surface area (Å²) in [6.07, 6.45) is 8.74. The number of anilines is 2. The van der Waals surface area contributed by atoms with Gasteiger partial charge in [0.2, 0.25) is 5.95 Å². The molecule has 0 atom stereocenters. The number of nitrogens with one attached hydrogen (secondary N) is 2. The Morgan fingerprint density at radius 1 is 1.38 bits per heavy atom. The Morgan fingerprint density at radius 3 is 2.92 bits per heavy atom. The lowest BCUT2D eigenvalue weighted by Crippen LogP contribution is -2.28. The molecule has 1 saturated carbocycles. The fourth-order valence-electron chi connectivity index (χ4n) is 2.98. The minimum atomic E-state index is -0.163. The SMILES string of the molecule is C=CCNc1c(-c2ccnc(NC3CCC(O)CC3)n2)cnn1C. The molecule has 0 aromatic carbocycles. The standard InChI is InChI=1S/C17H24N6O/c1-3-9-18-16-14(11-20-23(16)2)15-8-10-19-17(22-15)21-12-4-6-13(24)7-5-12/h3,8,10-13,18,24H,1,4-7,9H2,2H3,(H,19,21,22). The maximum absolute atomic E-state index is 9.61. The first-order chi connectivity index (χ1) is 11.7. The number of aliphatic hydroxyl groups is 1. The van der Waals surface area contributed by atoms with Gasteiger partial charge in [-0.2, -0.15) is 5.10 Å². The molecule has 0 radical (unpaired) electrons. The molecule has 3 N–H and O–H groups in total. The third-order valence-corrected chi connectivity index (χ3v) is 4.31. The molecule has 0 saturated heterocycles. The molecular weight excluding hydrogens is 304 g/mol. The second-order valence-electron chi connectivity index (χ2n) is 6.12. The quantitative estimate of drug-likeness (QED) is 0.705. The third-order valence-electron chi connectivity index (χ3n) is 4.31. The number of rotatable bonds is 6. The van der Waals surface area contributed by atoms with Gasteiger partial charge in [0.05, 0.1) is 23.6 Å². The lowest BCUT2D eigenvalue weighted by Gasteiger charge is -2.26. The van der Waals surface area contributed by atoms with Crippen LogP contribution >= 0.6 is 0 Å². The van der Waals surface area contributed by atoms with Crippen LogP contribution in [0.25, 0.3) is 11.3 Å². The van der Waals surface area contributed by atoms with Crippen molar-refractivity contribution in [2.45, 2.75) is 37.8 Å². The van der Waals surface area contributed by atoms with Gasteiger partial charge in [0, 0.05) is 25.8 Å². The van der Waals surface area contributed by atoms with Gasteiger partial charge < -0.3 is 15.7 Å². The van der Waals surface area contributed by atoms with E-state index in [1.54, 1.807) is 23.2 Å². The summed E-state index contributed by atoms with van der Waals surface area (Å²) >= 11 is 0. The number of nitrogens with zero attached hydrogens (tertiary/aromatic N) is 4. The van der Waals surface area contributed by atoms with Crippen molar-refractivity contribution in [2.75, 3.05) is 17.2 Å². The van der Waals surface area contributed by atoms with E-state index < -0.39 is 0 Å². The van der Waals surface area contributed by atoms with E-state index in [9.17, 15) is 5.11 Å². The molecule has 0 spiro atoms. The normalized spacial score (nSPS) is 20.6. The van der Waals surface area contributed by atoms with Crippen molar-refractivity contribution < 1.29 is 5.11 Å². The second-order valence-corrected chi connectivity index (χ2v) is 6.12. The Morgan fingerprint density at radius 2 is 2.17 bits per heavy atom. The van der Waals surface area contributed by atoms with E-state index in [0.717, 1.165) is 42.8 Å². The summed E-state index contributed by atoms with van der Waals surface area (Å²) in [5.74, 6) is 1.52. The predicted molar refractivity (Wildman–Crippen MR) is 94.8 cm³/mol. The topological polar surface area (TPSA) is 87.9 Å². The van der Waals surface area contributed by atoms with E-state index in [1.165, 1.54) is 0 Å². The lowest BCUT2D eigenvalue weighted by atomic mass is 9.93. The molecular formula is C17H24N6O. The highest BCUT2D eigenvalue weighted by atomic mass is 16.3. The van der Waals surface area contributed by atoms with Gasteiger partial charge in [-0.25, -0.2) is 9.97 Å². The van der Waals surface area contributed by atoms with Crippen LogP contribution in [0.2, 0.25) is 0 Å². The molecule has 7 heteroatoms. The van der Waals surface area contributed by atoms with Crippen LogP contribution in [0.3, 0.4) is 0 Å². The van der Waals surface area contributed by atoms with Crippen molar-refractivity contribution in [1.29, 1.82) is 0 Å². The van der Waals surface area contributed by atoms with Gasteiger partial charge >= 0.3 is 0 Å². The molecule has 1 fully saturated rings. The molecule has 0 bridgehead atoms. The van der Waals surface area contributed by atoms with Crippen molar-refractivity contribution in [3.05, 3.63) is 31.1 Å². The van der Waals surface area contributed by atoms with Crippen LogP contribution in [0.15, 0.2) is 31.1 Å². The van der Waals surface area contributed by atoms with E-state index in [2.05, 4.69) is 32.3 Å². The predicted octanol–water partition coefficient (Wildman–Crippen LogP) is 2.19. The first kappa shape index (κ1) is 16.4. The average molecular weight is 328 g/mol. The monoisotopic (exact) mass is 328 g/mol. The van der Waals surface area contributed by atoms with Crippen LogP contribution < -0.4 is 10.6 Å². The maximum Gasteiger partial charge on any atom is 0.223 e. The largest absolute Gasteiger partial charge is 0.393 e. The van der Waals surface area contributed by atoms with Gasteiger partial charge in [-0.1, -0.05) is 6.08 Å². The van der Waals surface area contributed by atoms with Crippen LogP contribution in [-0.2, 0) is 7.05 Å². The highest BCUT2D eigenvalue weighted by Gasteiger charge is 2.20. The van der Waals surface area contributed by atoms with E-state index in [-0.39, 0.29) is 6.10 Å². The molecule has 2 heterocycles. The summed E-state index contributed by atoms with van der Waals surface area (Å²) in [6, 6.07) is 2.20. The maximum atomic E-state index is 9.61. The van der Waals surface area contributed by atoms with Crippen LogP contribution in [-0.4, -0.2) is 43.5 Å². The number of aliphatic hydroxyl groups excluding tert-OH is 1. The third kappa shape index (κ3) is 3.73. The van der Waals surface area contributed by atoms with Gasteiger partial charge in [-0.15, -0.1) is 6.58 Å². The van der Waals surface area contributed by atoms with Gasteiger partial charge in [-0.3, -0.25) is 4.68 Å². The summed E-state index contributed by atoms with van der Waals surface area (Å²) in [6.45, 7) is 4.39. The number of hydrogen-bond acceptors (Lipinski definition) is 6. The lowest BCUT2D eigenvalue weighted by molar-refractivity contribution is 0.126. The fourth-order valence-corrected chi connectivity index (χ4v) is 2.98. The Kier molecular flexibility index (Phi) is 5.10. The van der Waals surface area contributed by atoms with Crippen molar-refractivity contribution >= 4 is 11.8 Å². The number of aryl methyl sites for hydroxylation is 1. The Labute approximate surface area is 141 Å². The molecule has 0 unspecified atom stereocenters. The van der Waals surface area contributed by atoms with Crippen LogP contribution in [0.4, 0.5) is 11.8 Å².